The van der Waals surface area contributed by atoms with Crippen LogP contribution in [0, 0.1) is 0 Å². The fourth-order valence-electron chi connectivity index (χ4n) is 1.14. The Balaban J connectivity index is 3.84. The van der Waals surface area contributed by atoms with Crippen molar-refractivity contribution in [2.24, 2.45) is 10.2 Å². The standard InChI is InChI=1S/C12H24N2/c1-5-7-9-11(3)13-14-12(4)10-8-6-2/h5-10H2,1-4H3. The first-order valence-corrected chi connectivity index (χ1v) is 5.77. The molecule has 0 fully saturated rings. The smallest absolute Gasteiger partial charge is 0.0375 e. The van der Waals surface area contributed by atoms with Gasteiger partial charge in [-0.2, -0.15) is 10.2 Å². The summed E-state index contributed by atoms with van der Waals surface area (Å²) < 4.78 is 0. The van der Waals surface area contributed by atoms with Crippen LogP contribution < -0.4 is 0 Å². The van der Waals surface area contributed by atoms with E-state index in [4.69, 9.17) is 0 Å². The third kappa shape index (κ3) is 7.96. The van der Waals surface area contributed by atoms with E-state index in [-0.39, 0.29) is 0 Å². The highest BCUT2D eigenvalue weighted by molar-refractivity contribution is 5.85. The minimum absolute atomic E-state index is 1.08. The maximum Gasteiger partial charge on any atom is 0.0375 e. The Morgan fingerprint density at radius 2 is 1.14 bits per heavy atom. The van der Waals surface area contributed by atoms with Crippen molar-refractivity contribution < 1.29 is 0 Å². The second-order valence-electron chi connectivity index (χ2n) is 3.88. The molecule has 0 N–H and O–H groups in total. The summed E-state index contributed by atoms with van der Waals surface area (Å²) in [5, 5.41) is 8.44. The molecule has 0 bridgehead atoms. The summed E-state index contributed by atoms with van der Waals surface area (Å²) in [6.07, 6.45) is 7.07. The van der Waals surface area contributed by atoms with E-state index >= 15 is 0 Å². The predicted molar refractivity (Wildman–Crippen MR) is 65.3 cm³/mol. The zero-order valence-electron chi connectivity index (χ0n) is 10.1. The van der Waals surface area contributed by atoms with Crippen LogP contribution in [0.25, 0.3) is 0 Å². The van der Waals surface area contributed by atoms with Crippen LogP contribution in [0.1, 0.15) is 66.2 Å². The van der Waals surface area contributed by atoms with Crippen molar-refractivity contribution in [2.75, 3.05) is 0 Å². The second kappa shape index (κ2) is 8.92. The van der Waals surface area contributed by atoms with Gasteiger partial charge in [0.1, 0.15) is 0 Å². The van der Waals surface area contributed by atoms with E-state index in [1.807, 2.05) is 0 Å². The molecule has 0 aliphatic carbocycles. The minimum Gasteiger partial charge on any atom is -0.161 e. The molecule has 0 aliphatic heterocycles. The quantitative estimate of drug-likeness (QED) is 0.430. The van der Waals surface area contributed by atoms with Gasteiger partial charge >= 0.3 is 0 Å². The van der Waals surface area contributed by atoms with Gasteiger partial charge in [-0.05, 0) is 39.5 Å². The molecule has 0 saturated carbocycles. The third-order valence-electron chi connectivity index (χ3n) is 2.18. The molecular formula is C12H24N2. The van der Waals surface area contributed by atoms with Gasteiger partial charge in [0, 0.05) is 11.4 Å². The average molecular weight is 196 g/mol. The van der Waals surface area contributed by atoms with Crippen molar-refractivity contribution in [1.82, 2.24) is 0 Å². The van der Waals surface area contributed by atoms with Crippen molar-refractivity contribution in [1.29, 1.82) is 0 Å². The van der Waals surface area contributed by atoms with E-state index in [9.17, 15) is 0 Å². The topological polar surface area (TPSA) is 24.7 Å². The molecule has 2 nitrogen and oxygen atoms in total. The largest absolute Gasteiger partial charge is 0.161 e. The van der Waals surface area contributed by atoms with Gasteiger partial charge < -0.3 is 0 Å². The Morgan fingerprint density at radius 3 is 1.43 bits per heavy atom. The lowest BCUT2D eigenvalue weighted by Gasteiger charge is -1.97. The van der Waals surface area contributed by atoms with Gasteiger partial charge in [0.15, 0.2) is 0 Å². The summed E-state index contributed by atoms with van der Waals surface area (Å²) in [5.74, 6) is 0. The molecule has 0 spiro atoms. The van der Waals surface area contributed by atoms with Crippen molar-refractivity contribution >= 4 is 11.4 Å². The molecule has 0 radical (unpaired) electrons. The van der Waals surface area contributed by atoms with E-state index in [2.05, 4.69) is 37.9 Å². The summed E-state index contributed by atoms with van der Waals surface area (Å²) in [7, 11) is 0. The summed E-state index contributed by atoms with van der Waals surface area (Å²) in [4.78, 5) is 0. The van der Waals surface area contributed by atoms with Crippen LogP contribution in [0.3, 0.4) is 0 Å². The maximum atomic E-state index is 4.22. The molecule has 0 aromatic carbocycles. The molecule has 0 amide bonds. The lowest BCUT2D eigenvalue weighted by Crippen LogP contribution is -1.93. The number of nitrogens with zero attached hydrogens (tertiary/aromatic N) is 2. The zero-order chi connectivity index (χ0) is 10.8. The average Bonchev–Trinajstić information content (AvgIpc) is 2.20. The van der Waals surface area contributed by atoms with Crippen LogP contribution in [0.2, 0.25) is 0 Å². The normalized spacial score (nSPS) is 13.4. The SMILES string of the molecule is CCCCC(C)=NN=C(C)CCCC. The highest BCUT2D eigenvalue weighted by Crippen LogP contribution is 2.00. The van der Waals surface area contributed by atoms with Crippen molar-refractivity contribution in [2.45, 2.75) is 66.2 Å². The van der Waals surface area contributed by atoms with Crippen LogP contribution >= 0.6 is 0 Å². The van der Waals surface area contributed by atoms with Gasteiger partial charge in [-0.1, -0.05) is 26.7 Å². The maximum absolute atomic E-state index is 4.22. The van der Waals surface area contributed by atoms with Crippen molar-refractivity contribution in [3.63, 3.8) is 0 Å². The molecule has 0 rings (SSSR count). The van der Waals surface area contributed by atoms with Gasteiger partial charge in [-0.25, -0.2) is 0 Å². The van der Waals surface area contributed by atoms with Crippen LogP contribution in [0.15, 0.2) is 10.2 Å². The molecule has 14 heavy (non-hydrogen) atoms. The van der Waals surface area contributed by atoms with Crippen molar-refractivity contribution in [3.05, 3.63) is 0 Å². The number of unbranched alkanes of at least 4 members (excludes halogenated alkanes) is 2. The second-order valence-corrected chi connectivity index (χ2v) is 3.88. The van der Waals surface area contributed by atoms with Crippen LogP contribution in [0.4, 0.5) is 0 Å². The number of hydrogen-bond acceptors (Lipinski definition) is 2. The van der Waals surface area contributed by atoms with Crippen LogP contribution in [-0.4, -0.2) is 11.4 Å². The predicted octanol–water partition coefficient (Wildman–Crippen LogP) is 4.20. The van der Waals surface area contributed by atoms with E-state index in [1.165, 1.54) is 25.7 Å². The summed E-state index contributed by atoms with van der Waals surface area (Å²) >= 11 is 0. The van der Waals surface area contributed by atoms with E-state index in [0.29, 0.717) is 0 Å². The molecule has 2 heteroatoms. The van der Waals surface area contributed by atoms with Gasteiger partial charge in [0.05, 0.1) is 0 Å². The first-order valence-electron chi connectivity index (χ1n) is 5.77. The molecule has 0 aliphatic rings. The molecule has 0 aromatic rings. The van der Waals surface area contributed by atoms with Gasteiger partial charge in [0.2, 0.25) is 0 Å². The fraction of sp³-hybridized carbons (Fsp3) is 0.833. The van der Waals surface area contributed by atoms with E-state index in [0.717, 1.165) is 24.3 Å². The molecule has 0 unspecified atom stereocenters. The Hall–Kier alpha value is -0.660. The summed E-state index contributed by atoms with van der Waals surface area (Å²) in [6, 6.07) is 0. The van der Waals surface area contributed by atoms with Crippen molar-refractivity contribution in [3.8, 4) is 0 Å². The van der Waals surface area contributed by atoms with E-state index in [1.54, 1.807) is 0 Å². The van der Waals surface area contributed by atoms with Gasteiger partial charge in [-0.15, -0.1) is 0 Å². The summed E-state index contributed by atoms with van der Waals surface area (Å²) in [5.41, 5.74) is 2.31. The Bertz CT molecular complexity index is 170. The van der Waals surface area contributed by atoms with E-state index < -0.39 is 0 Å². The number of rotatable bonds is 7. The van der Waals surface area contributed by atoms with Crippen LogP contribution in [-0.2, 0) is 0 Å². The van der Waals surface area contributed by atoms with Crippen LogP contribution in [0.5, 0.6) is 0 Å². The Labute approximate surface area is 88.5 Å². The monoisotopic (exact) mass is 196 g/mol. The lowest BCUT2D eigenvalue weighted by atomic mass is 10.2. The highest BCUT2D eigenvalue weighted by atomic mass is 15.2. The van der Waals surface area contributed by atoms with Gasteiger partial charge in [-0.3, -0.25) is 0 Å². The summed E-state index contributed by atoms with van der Waals surface area (Å²) in [6.45, 7) is 8.52. The molecule has 0 saturated heterocycles. The molecule has 82 valence electrons. The Kier molecular flexibility index (Phi) is 8.50. The zero-order valence-corrected chi connectivity index (χ0v) is 10.1. The minimum atomic E-state index is 1.08. The fourth-order valence-corrected chi connectivity index (χ4v) is 1.14. The molecule has 0 heterocycles. The third-order valence-corrected chi connectivity index (χ3v) is 2.18. The molecule has 0 atom stereocenters. The first-order chi connectivity index (χ1) is 6.70. The highest BCUT2D eigenvalue weighted by Gasteiger charge is 1.92. The number of hydrogen-bond donors (Lipinski definition) is 0. The first kappa shape index (κ1) is 13.3. The van der Waals surface area contributed by atoms with Gasteiger partial charge in [0.25, 0.3) is 0 Å². The Morgan fingerprint density at radius 1 is 0.786 bits per heavy atom. The molecular weight excluding hydrogens is 172 g/mol. The molecule has 0 aromatic heterocycles. The lowest BCUT2D eigenvalue weighted by molar-refractivity contribution is 0.824.